The fourth-order valence-corrected chi connectivity index (χ4v) is 3.51. The van der Waals surface area contributed by atoms with Gasteiger partial charge in [-0.3, -0.25) is 0 Å². The standard InChI is InChI=1S/C20H21N9O2S/c1-13(14-5-3-2-4-6-14)25-17-11-18(24-12-23-17)29-19(21)27-20(28-29)26-15-7-9-16(10-8-15)32(22,30)31/h2-13H,1H3,(H2,22,30,31)(H,23,24,25)(H3,21,26,27,28)/t13-/m1/s1. The number of nitrogens with one attached hydrogen (secondary N) is 2. The first-order valence-corrected chi connectivity index (χ1v) is 11.1. The maximum absolute atomic E-state index is 11.4. The highest BCUT2D eigenvalue weighted by molar-refractivity contribution is 7.89. The van der Waals surface area contributed by atoms with Gasteiger partial charge in [0, 0.05) is 17.8 Å². The van der Waals surface area contributed by atoms with Crippen molar-refractivity contribution >= 4 is 33.4 Å². The maximum atomic E-state index is 11.4. The molecule has 0 aliphatic carbocycles. The number of nitrogens with two attached hydrogens (primary N) is 2. The second-order valence-corrected chi connectivity index (χ2v) is 8.50. The van der Waals surface area contributed by atoms with Crippen molar-refractivity contribution in [1.29, 1.82) is 0 Å². The highest BCUT2D eigenvalue weighted by Crippen LogP contribution is 2.21. The molecule has 12 heteroatoms. The number of sulfonamides is 1. The van der Waals surface area contributed by atoms with E-state index in [9.17, 15) is 8.42 Å². The lowest BCUT2D eigenvalue weighted by atomic mass is 10.1. The van der Waals surface area contributed by atoms with E-state index in [1.165, 1.54) is 23.1 Å². The van der Waals surface area contributed by atoms with Crippen LogP contribution in [0.5, 0.6) is 0 Å². The van der Waals surface area contributed by atoms with Gasteiger partial charge in [-0.25, -0.2) is 23.5 Å². The van der Waals surface area contributed by atoms with E-state index in [1.54, 1.807) is 18.2 Å². The van der Waals surface area contributed by atoms with Gasteiger partial charge in [0.2, 0.25) is 21.9 Å². The molecule has 6 N–H and O–H groups in total. The van der Waals surface area contributed by atoms with E-state index in [-0.39, 0.29) is 22.8 Å². The number of nitrogens with zero attached hydrogens (tertiary/aromatic N) is 5. The maximum Gasteiger partial charge on any atom is 0.248 e. The van der Waals surface area contributed by atoms with Crippen LogP contribution in [0.1, 0.15) is 18.5 Å². The quantitative estimate of drug-likeness (QED) is 0.329. The van der Waals surface area contributed by atoms with Crippen LogP contribution in [0.3, 0.4) is 0 Å². The molecule has 0 aliphatic rings. The van der Waals surface area contributed by atoms with Crippen molar-refractivity contribution in [2.24, 2.45) is 5.14 Å². The van der Waals surface area contributed by atoms with Gasteiger partial charge in [0.1, 0.15) is 12.1 Å². The number of anilines is 4. The topological polar surface area (TPSA) is 167 Å². The zero-order chi connectivity index (χ0) is 22.7. The van der Waals surface area contributed by atoms with Crippen molar-refractivity contribution in [3.63, 3.8) is 0 Å². The van der Waals surface area contributed by atoms with Gasteiger partial charge in [0.05, 0.1) is 4.90 Å². The molecule has 0 bridgehead atoms. The fraction of sp³-hybridized carbons (Fsp3) is 0.100. The van der Waals surface area contributed by atoms with E-state index in [0.717, 1.165) is 5.56 Å². The number of benzene rings is 2. The predicted octanol–water partition coefficient (Wildman–Crippen LogP) is 2.20. The van der Waals surface area contributed by atoms with Gasteiger partial charge in [-0.1, -0.05) is 30.3 Å². The van der Waals surface area contributed by atoms with Gasteiger partial charge in [0.15, 0.2) is 5.82 Å². The van der Waals surface area contributed by atoms with E-state index in [4.69, 9.17) is 10.9 Å². The van der Waals surface area contributed by atoms with Crippen molar-refractivity contribution in [3.8, 4) is 5.82 Å². The van der Waals surface area contributed by atoms with Gasteiger partial charge in [0.25, 0.3) is 0 Å². The third-order valence-electron chi connectivity index (χ3n) is 4.60. The molecule has 4 aromatic rings. The van der Waals surface area contributed by atoms with Crippen molar-refractivity contribution in [2.75, 3.05) is 16.4 Å². The molecule has 0 aliphatic heterocycles. The number of rotatable bonds is 7. The molecular weight excluding hydrogens is 430 g/mol. The second-order valence-electron chi connectivity index (χ2n) is 6.94. The normalized spacial score (nSPS) is 12.3. The highest BCUT2D eigenvalue weighted by atomic mass is 32.2. The number of nitrogen functional groups attached to an aromatic ring is 1. The van der Waals surface area contributed by atoms with Crippen LogP contribution in [0.4, 0.5) is 23.4 Å². The molecule has 2 aromatic carbocycles. The van der Waals surface area contributed by atoms with Crippen LogP contribution in [0, 0.1) is 0 Å². The van der Waals surface area contributed by atoms with Crippen molar-refractivity contribution in [3.05, 3.63) is 72.6 Å². The third kappa shape index (κ3) is 4.82. The lowest BCUT2D eigenvalue weighted by Crippen LogP contribution is -2.11. The largest absolute Gasteiger partial charge is 0.368 e. The molecule has 0 spiro atoms. The zero-order valence-corrected chi connectivity index (χ0v) is 17.9. The molecule has 32 heavy (non-hydrogen) atoms. The monoisotopic (exact) mass is 451 g/mol. The molecule has 2 aromatic heterocycles. The summed E-state index contributed by atoms with van der Waals surface area (Å²) in [4.78, 5) is 12.7. The van der Waals surface area contributed by atoms with Gasteiger partial charge >= 0.3 is 0 Å². The minimum atomic E-state index is -3.77. The Labute approximate surface area is 184 Å². The second kappa shape index (κ2) is 8.61. The van der Waals surface area contributed by atoms with Gasteiger partial charge in [-0.2, -0.15) is 9.67 Å². The number of primary sulfonamides is 1. The summed E-state index contributed by atoms with van der Waals surface area (Å²) in [5, 5.41) is 15.7. The van der Waals surface area contributed by atoms with E-state index in [0.29, 0.717) is 17.3 Å². The van der Waals surface area contributed by atoms with Crippen LogP contribution in [0.25, 0.3) is 5.82 Å². The first kappa shape index (κ1) is 21.2. The van der Waals surface area contributed by atoms with E-state index >= 15 is 0 Å². The molecule has 0 saturated heterocycles. The Morgan fingerprint density at radius 3 is 2.44 bits per heavy atom. The Morgan fingerprint density at radius 1 is 1.03 bits per heavy atom. The molecule has 0 unspecified atom stereocenters. The Morgan fingerprint density at radius 2 is 1.75 bits per heavy atom. The smallest absolute Gasteiger partial charge is 0.248 e. The number of hydrogen-bond donors (Lipinski definition) is 4. The molecule has 164 valence electrons. The van der Waals surface area contributed by atoms with Crippen LogP contribution in [0.2, 0.25) is 0 Å². The van der Waals surface area contributed by atoms with Gasteiger partial charge in [-0.15, -0.1) is 5.10 Å². The van der Waals surface area contributed by atoms with Crippen LogP contribution in [0.15, 0.2) is 71.9 Å². The molecule has 0 fully saturated rings. The average Bonchev–Trinajstić information content (AvgIpc) is 3.14. The molecule has 0 amide bonds. The summed E-state index contributed by atoms with van der Waals surface area (Å²) in [7, 11) is -3.77. The summed E-state index contributed by atoms with van der Waals surface area (Å²) >= 11 is 0. The third-order valence-corrected chi connectivity index (χ3v) is 5.53. The Hall–Kier alpha value is -4.03. The zero-order valence-electron chi connectivity index (χ0n) is 17.0. The molecule has 11 nitrogen and oxygen atoms in total. The van der Waals surface area contributed by atoms with Crippen molar-refractivity contribution in [2.45, 2.75) is 17.9 Å². The number of aromatic nitrogens is 5. The van der Waals surface area contributed by atoms with Crippen LogP contribution in [-0.4, -0.2) is 33.2 Å². The highest BCUT2D eigenvalue weighted by Gasteiger charge is 2.13. The summed E-state index contributed by atoms with van der Waals surface area (Å²) in [6.45, 7) is 2.03. The van der Waals surface area contributed by atoms with Crippen LogP contribution < -0.4 is 21.5 Å². The summed E-state index contributed by atoms with van der Waals surface area (Å²) in [5.74, 6) is 1.38. The fourth-order valence-electron chi connectivity index (χ4n) is 2.99. The predicted molar refractivity (Wildman–Crippen MR) is 121 cm³/mol. The molecule has 0 saturated carbocycles. The summed E-state index contributed by atoms with van der Waals surface area (Å²) in [6, 6.07) is 17.6. The SMILES string of the molecule is C[C@@H](Nc1cc(-n2nc(Nc3ccc(S(N)(=O)=O)cc3)nc2N)ncn1)c1ccccc1. The van der Waals surface area contributed by atoms with Gasteiger partial charge in [-0.05, 0) is 36.8 Å². The minimum absolute atomic E-state index is 0.00629. The summed E-state index contributed by atoms with van der Waals surface area (Å²) in [6.07, 6.45) is 1.41. The lowest BCUT2D eigenvalue weighted by molar-refractivity contribution is 0.598. The summed E-state index contributed by atoms with van der Waals surface area (Å²) < 4.78 is 24.1. The lowest BCUT2D eigenvalue weighted by Gasteiger charge is -2.15. The Balaban J connectivity index is 1.52. The first-order chi connectivity index (χ1) is 15.3. The Bertz CT molecular complexity index is 1320. The Kier molecular flexibility index (Phi) is 5.71. The molecular formula is C20H21N9O2S. The first-order valence-electron chi connectivity index (χ1n) is 9.56. The molecule has 0 radical (unpaired) electrons. The van der Waals surface area contributed by atoms with E-state index in [1.807, 2.05) is 37.3 Å². The van der Waals surface area contributed by atoms with Crippen molar-refractivity contribution < 1.29 is 8.42 Å². The summed E-state index contributed by atoms with van der Waals surface area (Å²) in [5.41, 5.74) is 7.71. The van der Waals surface area contributed by atoms with Crippen molar-refractivity contribution in [1.82, 2.24) is 24.7 Å². The van der Waals surface area contributed by atoms with E-state index in [2.05, 4.69) is 30.7 Å². The number of hydrogen-bond acceptors (Lipinski definition) is 9. The van der Waals surface area contributed by atoms with E-state index < -0.39 is 10.0 Å². The molecule has 4 rings (SSSR count). The minimum Gasteiger partial charge on any atom is -0.368 e. The van der Waals surface area contributed by atoms with Crippen LogP contribution in [-0.2, 0) is 10.0 Å². The molecule has 2 heterocycles. The molecule has 1 atom stereocenters. The van der Waals surface area contributed by atoms with Crippen LogP contribution >= 0.6 is 0 Å². The van der Waals surface area contributed by atoms with Gasteiger partial charge < -0.3 is 16.4 Å². The average molecular weight is 452 g/mol.